The van der Waals surface area contributed by atoms with Gasteiger partial charge >= 0.3 is 0 Å². The standard InChI is InChI=1S/C20H26N6O/c27-15-16-14-23-20(13-18(16)24-17-5-1-2-6-17)26(19-7-3-4-8-22-19)25-11-9-21-10-12-25/h3-4,7-8,13-15,17,21H,1-2,5-6,9-12H2,(H,23,24). The maximum absolute atomic E-state index is 11.5. The molecule has 2 aliphatic rings. The topological polar surface area (TPSA) is 73.4 Å². The van der Waals surface area contributed by atoms with Crippen LogP contribution in [-0.2, 0) is 0 Å². The van der Waals surface area contributed by atoms with Crippen molar-refractivity contribution in [2.24, 2.45) is 0 Å². The molecule has 1 saturated carbocycles. The van der Waals surface area contributed by atoms with E-state index in [-0.39, 0.29) is 0 Å². The molecule has 0 bridgehead atoms. The molecule has 1 aliphatic carbocycles. The second kappa shape index (κ2) is 8.45. The Balaban J connectivity index is 1.69. The molecule has 4 rings (SSSR count). The molecule has 2 N–H and O–H groups in total. The predicted molar refractivity (Wildman–Crippen MR) is 106 cm³/mol. The molecule has 2 aromatic heterocycles. The summed E-state index contributed by atoms with van der Waals surface area (Å²) in [6.45, 7) is 3.59. The van der Waals surface area contributed by atoms with E-state index in [4.69, 9.17) is 0 Å². The average Bonchev–Trinajstić information content (AvgIpc) is 3.23. The third-order valence-electron chi connectivity index (χ3n) is 5.22. The average molecular weight is 366 g/mol. The van der Waals surface area contributed by atoms with E-state index in [1.807, 2.05) is 24.3 Å². The molecule has 1 saturated heterocycles. The zero-order valence-corrected chi connectivity index (χ0v) is 15.5. The molecular weight excluding hydrogens is 340 g/mol. The van der Waals surface area contributed by atoms with Gasteiger partial charge in [0.15, 0.2) is 12.1 Å². The molecule has 0 atom stereocenters. The Hall–Kier alpha value is -2.51. The summed E-state index contributed by atoms with van der Waals surface area (Å²) in [5, 5.41) is 11.3. The summed E-state index contributed by atoms with van der Waals surface area (Å²) in [6, 6.07) is 8.30. The minimum absolute atomic E-state index is 0.432. The van der Waals surface area contributed by atoms with Crippen molar-refractivity contribution in [2.45, 2.75) is 31.7 Å². The number of anilines is 3. The summed E-state index contributed by atoms with van der Waals surface area (Å²) >= 11 is 0. The van der Waals surface area contributed by atoms with Crippen LogP contribution in [0.5, 0.6) is 0 Å². The van der Waals surface area contributed by atoms with Gasteiger partial charge in [0.1, 0.15) is 5.82 Å². The number of piperazine rings is 1. The van der Waals surface area contributed by atoms with Gasteiger partial charge in [-0.25, -0.2) is 20.0 Å². The van der Waals surface area contributed by atoms with Crippen molar-refractivity contribution in [3.05, 3.63) is 42.2 Å². The largest absolute Gasteiger partial charge is 0.382 e. The predicted octanol–water partition coefficient (Wildman–Crippen LogP) is 2.60. The van der Waals surface area contributed by atoms with Crippen molar-refractivity contribution in [1.29, 1.82) is 0 Å². The van der Waals surface area contributed by atoms with Gasteiger partial charge in [0, 0.05) is 50.7 Å². The number of hydrogen-bond acceptors (Lipinski definition) is 7. The highest BCUT2D eigenvalue weighted by Crippen LogP contribution is 2.30. The van der Waals surface area contributed by atoms with E-state index >= 15 is 0 Å². The van der Waals surface area contributed by atoms with Gasteiger partial charge in [0.05, 0.1) is 11.3 Å². The molecular formula is C20H26N6O. The molecule has 0 aromatic carbocycles. The molecule has 142 valence electrons. The maximum Gasteiger partial charge on any atom is 0.153 e. The van der Waals surface area contributed by atoms with Crippen molar-refractivity contribution in [1.82, 2.24) is 20.3 Å². The van der Waals surface area contributed by atoms with Gasteiger partial charge in [-0.2, -0.15) is 0 Å². The van der Waals surface area contributed by atoms with E-state index in [0.717, 1.165) is 62.6 Å². The van der Waals surface area contributed by atoms with Gasteiger partial charge in [-0.05, 0) is 25.0 Å². The van der Waals surface area contributed by atoms with Crippen LogP contribution in [0.4, 0.5) is 17.3 Å². The number of aldehydes is 1. The van der Waals surface area contributed by atoms with Crippen LogP contribution in [0.2, 0.25) is 0 Å². The van der Waals surface area contributed by atoms with E-state index in [2.05, 4.69) is 30.6 Å². The van der Waals surface area contributed by atoms with E-state index in [1.165, 1.54) is 12.8 Å². The minimum atomic E-state index is 0.432. The van der Waals surface area contributed by atoms with Gasteiger partial charge in [0.25, 0.3) is 0 Å². The molecule has 0 spiro atoms. The number of hydrogen-bond donors (Lipinski definition) is 2. The molecule has 0 unspecified atom stereocenters. The van der Waals surface area contributed by atoms with Crippen molar-refractivity contribution < 1.29 is 4.79 Å². The number of rotatable bonds is 6. The Bertz CT molecular complexity index is 756. The molecule has 1 aliphatic heterocycles. The van der Waals surface area contributed by atoms with Crippen LogP contribution in [0.3, 0.4) is 0 Å². The first-order valence-corrected chi connectivity index (χ1v) is 9.73. The first-order chi connectivity index (χ1) is 13.3. The molecule has 27 heavy (non-hydrogen) atoms. The van der Waals surface area contributed by atoms with Crippen LogP contribution in [0.1, 0.15) is 36.0 Å². The summed E-state index contributed by atoms with van der Waals surface area (Å²) in [4.78, 5) is 20.7. The lowest BCUT2D eigenvalue weighted by Gasteiger charge is -2.37. The van der Waals surface area contributed by atoms with E-state index in [0.29, 0.717) is 11.6 Å². The van der Waals surface area contributed by atoms with Crippen molar-refractivity contribution in [3.63, 3.8) is 0 Å². The number of aromatic nitrogens is 2. The minimum Gasteiger partial charge on any atom is -0.382 e. The van der Waals surface area contributed by atoms with Crippen LogP contribution >= 0.6 is 0 Å². The summed E-state index contributed by atoms with van der Waals surface area (Å²) in [6.07, 6.45) is 9.12. The van der Waals surface area contributed by atoms with E-state index < -0.39 is 0 Å². The SMILES string of the molecule is O=Cc1cnc(N(c2ccccn2)N2CCNCC2)cc1NC1CCCC1. The zero-order valence-electron chi connectivity index (χ0n) is 15.5. The lowest BCUT2D eigenvalue weighted by Crippen LogP contribution is -2.51. The number of carbonyl (C=O) groups is 1. The summed E-state index contributed by atoms with van der Waals surface area (Å²) < 4.78 is 0. The fourth-order valence-electron chi connectivity index (χ4n) is 3.82. The second-order valence-corrected chi connectivity index (χ2v) is 7.08. The summed E-state index contributed by atoms with van der Waals surface area (Å²) in [5.74, 6) is 1.61. The molecule has 7 heteroatoms. The number of nitrogens with one attached hydrogen (secondary N) is 2. The molecule has 2 aromatic rings. The highest BCUT2D eigenvalue weighted by Gasteiger charge is 2.24. The highest BCUT2D eigenvalue weighted by atomic mass is 16.1. The number of hydrazine groups is 1. The van der Waals surface area contributed by atoms with Gasteiger partial charge in [-0.3, -0.25) is 4.79 Å². The van der Waals surface area contributed by atoms with Gasteiger partial charge in [0.2, 0.25) is 0 Å². The number of carbonyl (C=O) groups excluding carboxylic acids is 1. The monoisotopic (exact) mass is 366 g/mol. The van der Waals surface area contributed by atoms with Gasteiger partial charge in [-0.1, -0.05) is 18.9 Å². The van der Waals surface area contributed by atoms with E-state index in [9.17, 15) is 4.79 Å². The fourth-order valence-corrected chi connectivity index (χ4v) is 3.82. The third kappa shape index (κ3) is 4.09. The first kappa shape index (κ1) is 17.9. The van der Waals surface area contributed by atoms with Crippen molar-refractivity contribution in [3.8, 4) is 0 Å². The normalized spacial score (nSPS) is 18.4. The number of pyridine rings is 2. The molecule has 2 fully saturated rings. The zero-order chi connectivity index (χ0) is 18.5. The molecule has 3 heterocycles. The lowest BCUT2D eigenvalue weighted by atomic mass is 10.2. The molecule has 0 amide bonds. The molecule has 7 nitrogen and oxygen atoms in total. The van der Waals surface area contributed by atoms with Crippen LogP contribution in [0, 0.1) is 0 Å². The van der Waals surface area contributed by atoms with Crippen LogP contribution < -0.4 is 15.6 Å². The van der Waals surface area contributed by atoms with Crippen LogP contribution in [0.15, 0.2) is 36.7 Å². The fraction of sp³-hybridized carbons (Fsp3) is 0.450. The van der Waals surface area contributed by atoms with Crippen LogP contribution in [-0.4, -0.2) is 53.5 Å². The first-order valence-electron chi connectivity index (χ1n) is 9.73. The summed E-state index contributed by atoms with van der Waals surface area (Å²) in [7, 11) is 0. The second-order valence-electron chi connectivity index (χ2n) is 7.08. The number of nitrogens with zero attached hydrogens (tertiary/aromatic N) is 4. The Kier molecular flexibility index (Phi) is 5.60. The molecule has 0 radical (unpaired) electrons. The Morgan fingerprint density at radius 2 is 1.96 bits per heavy atom. The Morgan fingerprint density at radius 3 is 2.67 bits per heavy atom. The lowest BCUT2D eigenvalue weighted by molar-refractivity contribution is 0.112. The highest BCUT2D eigenvalue weighted by molar-refractivity contribution is 5.85. The summed E-state index contributed by atoms with van der Waals surface area (Å²) in [5.41, 5.74) is 1.46. The van der Waals surface area contributed by atoms with Gasteiger partial charge < -0.3 is 10.6 Å². The maximum atomic E-state index is 11.5. The quantitative estimate of drug-likeness (QED) is 0.761. The van der Waals surface area contributed by atoms with Gasteiger partial charge in [-0.15, -0.1) is 0 Å². The van der Waals surface area contributed by atoms with E-state index in [1.54, 1.807) is 12.4 Å². The van der Waals surface area contributed by atoms with Crippen molar-refractivity contribution >= 4 is 23.6 Å². The van der Waals surface area contributed by atoms with Crippen molar-refractivity contribution in [2.75, 3.05) is 36.5 Å². The Morgan fingerprint density at radius 1 is 1.15 bits per heavy atom. The smallest absolute Gasteiger partial charge is 0.153 e. The third-order valence-corrected chi connectivity index (χ3v) is 5.22. The Labute approximate surface area is 159 Å². The van der Waals surface area contributed by atoms with Crippen LogP contribution in [0.25, 0.3) is 0 Å².